The summed E-state index contributed by atoms with van der Waals surface area (Å²) in [4.78, 5) is 26.1. The Morgan fingerprint density at radius 3 is 2.61 bits per heavy atom. The average Bonchev–Trinajstić information content (AvgIpc) is 3.23. The Bertz CT molecular complexity index is 1200. The molecule has 3 aromatic heterocycles. The number of carbonyl (C=O) groups is 1. The van der Waals surface area contributed by atoms with Crippen LogP contribution in [0.5, 0.6) is 0 Å². The topological polar surface area (TPSA) is 88.8 Å². The molecule has 2 aliphatic rings. The van der Waals surface area contributed by atoms with Gasteiger partial charge >= 0.3 is 5.92 Å². The molecule has 0 radical (unpaired) electrons. The second kappa shape index (κ2) is 6.53. The third-order valence-corrected chi connectivity index (χ3v) is 5.72. The molecule has 1 saturated carbocycles. The van der Waals surface area contributed by atoms with Crippen molar-refractivity contribution in [1.29, 1.82) is 0 Å². The van der Waals surface area contributed by atoms with Crippen LogP contribution in [-0.2, 0) is 23.2 Å². The lowest BCUT2D eigenvalue weighted by Crippen LogP contribution is -2.23. The molecule has 0 bridgehead atoms. The van der Waals surface area contributed by atoms with E-state index in [1.165, 1.54) is 6.92 Å². The number of amides is 1. The highest BCUT2D eigenvalue weighted by atomic mass is 19.3. The van der Waals surface area contributed by atoms with Crippen molar-refractivity contribution < 1.29 is 13.6 Å². The molecular weight excluding hydrogens is 404 g/mol. The first-order chi connectivity index (χ1) is 14.6. The van der Waals surface area contributed by atoms with Crippen LogP contribution in [0.15, 0.2) is 30.6 Å². The molecule has 31 heavy (non-hydrogen) atoms. The molecule has 0 atom stereocenters. The average molecular weight is 425 g/mol. The van der Waals surface area contributed by atoms with Crippen molar-refractivity contribution >= 4 is 23.2 Å². The van der Waals surface area contributed by atoms with Gasteiger partial charge in [-0.25, -0.2) is 15.0 Å². The predicted molar refractivity (Wildman–Crippen MR) is 110 cm³/mol. The maximum absolute atomic E-state index is 14.3. The van der Waals surface area contributed by atoms with Crippen LogP contribution >= 0.6 is 0 Å². The number of carbonyl (C=O) groups excluding carboxylic acids is 1. The van der Waals surface area contributed by atoms with Crippen LogP contribution in [0.4, 0.5) is 26.1 Å². The summed E-state index contributed by atoms with van der Waals surface area (Å²) in [6.45, 7) is 2.81. The van der Waals surface area contributed by atoms with E-state index in [4.69, 9.17) is 0 Å². The van der Waals surface area contributed by atoms with Crippen molar-refractivity contribution in [3.63, 3.8) is 0 Å². The van der Waals surface area contributed by atoms with Crippen molar-refractivity contribution in [2.45, 2.75) is 38.0 Å². The van der Waals surface area contributed by atoms with Crippen molar-refractivity contribution in [2.75, 3.05) is 16.8 Å². The zero-order valence-corrected chi connectivity index (χ0v) is 17.4. The summed E-state index contributed by atoms with van der Waals surface area (Å²) < 4.78 is 30.1. The van der Waals surface area contributed by atoms with Crippen molar-refractivity contribution in [3.8, 4) is 11.4 Å². The van der Waals surface area contributed by atoms with Gasteiger partial charge in [0, 0.05) is 62.9 Å². The largest absolute Gasteiger partial charge is 0.325 e. The first-order valence-corrected chi connectivity index (χ1v) is 9.98. The van der Waals surface area contributed by atoms with Gasteiger partial charge in [-0.3, -0.25) is 9.48 Å². The second-order valence-electron chi connectivity index (χ2n) is 8.33. The summed E-state index contributed by atoms with van der Waals surface area (Å²) in [5.74, 6) is -3.21. The number of hydrogen-bond donors (Lipinski definition) is 1. The molecule has 0 aromatic carbocycles. The summed E-state index contributed by atoms with van der Waals surface area (Å²) in [6.07, 6.45) is 5.49. The van der Waals surface area contributed by atoms with E-state index in [1.54, 1.807) is 42.3 Å². The van der Waals surface area contributed by atoms with Crippen LogP contribution in [0, 0.1) is 0 Å². The van der Waals surface area contributed by atoms with Crippen LogP contribution < -0.4 is 10.2 Å². The minimum absolute atomic E-state index is 0.0535. The maximum atomic E-state index is 14.3. The van der Waals surface area contributed by atoms with Gasteiger partial charge < -0.3 is 10.2 Å². The molecular formula is C21H21F2N7O. The first-order valence-electron chi connectivity index (χ1n) is 9.98. The van der Waals surface area contributed by atoms with Gasteiger partial charge in [0.2, 0.25) is 11.7 Å². The maximum Gasteiger partial charge on any atom is 0.303 e. The Labute approximate surface area is 177 Å². The van der Waals surface area contributed by atoms with Crippen molar-refractivity contribution in [3.05, 3.63) is 42.0 Å². The van der Waals surface area contributed by atoms with E-state index in [9.17, 15) is 13.6 Å². The van der Waals surface area contributed by atoms with Crippen LogP contribution in [0.3, 0.4) is 0 Å². The number of anilines is 3. The molecule has 1 amide bonds. The smallest absolute Gasteiger partial charge is 0.303 e. The summed E-state index contributed by atoms with van der Waals surface area (Å²) in [7, 11) is 1.76. The van der Waals surface area contributed by atoms with Crippen LogP contribution in [0.2, 0.25) is 0 Å². The highest BCUT2D eigenvalue weighted by molar-refractivity contribution is 5.89. The van der Waals surface area contributed by atoms with Crippen LogP contribution in [0.1, 0.15) is 38.1 Å². The van der Waals surface area contributed by atoms with Crippen molar-refractivity contribution in [1.82, 2.24) is 24.7 Å². The monoisotopic (exact) mass is 425 g/mol. The Balaban J connectivity index is 1.64. The molecule has 5 rings (SSSR count). The predicted octanol–water partition coefficient (Wildman–Crippen LogP) is 3.53. The number of rotatable bonds is 4. The number of hydrogen-bond acceptors (Lipinski definition) is 6. The fraction of sp³-hybridized carbons (Fsp3) is 0.381. The standard InChI is InChI=1S/C21H21F2N7O/c1-12(31)25-17-9-16-13(10-24-17)21(5-6-21)11-30(16)18-8-15(14-4-7-29(3)28-14)26-19(27-18)20(2,22)23/h4,7-10H,5-6,11H2,1-3H3,(H,24,25,31). The highest BCUT2D eigenvalue weighted by Gasteiger charge is 2.53. The number of fused-ring (bicyclic) bond motifs is 2. The van der Waals surface area contributed by atoms with Gasteiger partial charge in [-0.1, -0.05) is 0 Å². The Kier molecular flexibility index (Phi) is 4.11. The second-order valence-corrected chi connectivity index (χ2v) is 8.33. The van der Waals surface area contributed by atoms with Gasteiger partial charge in [0.25, 0.3) is 0 Å². The van der Waals surface area contributed by atoms with Gasteiger partial charge in [-0.2, -0.15) is 13.9 Å². The van der Waals surface area contributed by atoms with E-state index in [0.29, 0.717) is 29.6 Å². The SMILES string of the molecule is CC(=O)Nc1cc2c(cn1)C1(CC1)CN2c1cc(-c2ccn(C)n2)nc(C(C)(F)F)n1. The lowest BCUT2D eigenvalue weighted by atomic mass is 10.0. The lowest BCUT2D eigenvalue weighted by Gasteiger charge is -2.21. The first kappa shape index (κ1) is 19.5. The van der Waals surface area contributed by atoms with Gasteiger partial charge in [-0.05, 0) is 18.9 Å². The molecule has 0 saturated heterocycles. The van der Waals surface area contributed by atoms with Crippen LogP contribution in [0.25, 0.3) is 11.4 Å². The Morgan fingerprint density at radius 2 is 2.00 bits per heavy atom. The molecule has 0 unspecified atom stereocenters. The zero-order valence-electron chi connectivity index (χ0n) is 17.4. The molecule has 1 N–H and O–H groups in total. The lowest BCUT2D eigenvalue weighted by molar-refractivity contribution is -0.114. The summed E-state index contributed by atoms with van der Waals surface area (Å²) in [6, 6.07) is 5.18. The Morgan fingerprint density at radius 1 is 1.23 bits per heavy atom. The molecule has 160 valence electrons. The van der Waals surface area contributed by atoms with E-state index in [-0.39, 0.29) is 11.3 Å². The van der Waals surface area contributed by atoms with Crippen molar-refractivity contribution in [2.24, 2.45) is 7.05 Å². The van der Waals surface area contributed by atoms with Gasteiger partial charge in [0.1, 0.15) is 17.3 Å². The van der Waals surface area contributed by atoms with Gasteiger partial charge in [0.05, 0.1) is 11.4 Å². The quantitative estimate of drug-likeness (QED) is 0.688. The van der Waals surface area contributed by atoms with E-state index < -0.39 is 11.7 Å². The number of nitrogens with zero attached hydrogens (tertiary/aromatic N) is 6. The normalized spacial score (nSPS) is 16.5. The van der Waals surface area contributed by atoms with E-state index >= 15 is 0 Å². The molecule has 10 heteroatoms. The number of aromatic nitrogens is 5. The summed E-state index contributed by atoms with van der Waals surface area (Å²) in [5.41, 5.74) is 2.63. The fourth-order valence-electron chi connectivity index (χ4n) is 4.03. The van der Waals surface area contributed by atoms with Gasteiger partial charge in [-0.15, -0.1) is 0 Å². The van der Waals surface area contributed by atoms with E-state index in [2.05, 4.69) is 25.4 Å². The fourth-order valence-corrected chi connectivity index (χ4v) is 4.03. The molecule has 1 aliphatic heterocycles. The number of nitrogens with one attached hydrogen (secondary N) is 1. The minimum atomic E-state index is -3.21. The third-order valence-electron chi connectivity index (χ3n) is 5.72. The summed E-state index contributed by atoms with van der Waals surface area (Å²) in [5, 5.41) is 7.00. The number of pyridine rings is 1. The number of halogens is 2. The Hall–Kier alpha value is -3.43. The zero-order chi connectivity index (χ0) is 22.0. The van der Waals surface area contributed by atoms with Crippen LogP contribution in [-0.4, -0.2) is 37.2 Å². The minimum Gasteiger partial charge on any atom is -0.325 e. The molecule has 1 spiro atoms. The van der Waals surface area contributed by atoms with E-state index in [1.807, 2.05) is 4.90 Å². The molecule has 1 aliphatic carbocycles. The molecule has 1 fully saturated rings. The summed E-state index contributed by atoms with van der Waals surface area (Å²) >= 11 is 0. The molecule has 4 heterocycles. The number of alkyl halides is 2. The molecule has 8 nitrogen and oxygen atoms in total. The highest BCUT2D eigenvalue weighted by Crippen LogP contribution is 2.58. The third kappa shape index (κ3) is 3.41. The molecule has 3 aromatic rings. The number of aryl methyl sites for hydroxylation is 1. The van der Waals surface area contributed by atoms with Gasteiger partial charge in [0.15, 0.2) is 0 Å². The van der Waals surface area contributed by atoms with E-state index in [0.717, 1.165) is 31.0 Å².